The number of carbonyl (C=O) groups excluding carboxylic acids is 2. The fourth-order valence-electron chi connectivity index (χ4n) is 4.52. The van der Waals surface area contributed by atoms with Crippen LogP contribution in [0.1, 0.15) is 63.4 Å². The summed E-state index contributed by atoms with van der Waals surface area (Å²) in [7, 11) is 0. The number of hydrogen-bond acceptors (Lipinski definition) is 5. The number of likely N-dealkylation sites (tertiary alicyclic amines) is 1. The van der Waals surface area contributed by atoms with Crippen LogP contribution < -0.4 is 5.32 Å². The van der Waals surface area contributed by atoms with E-state index in [0.717, 1.165) is 41.6 Å². The van der Waals surface area contributed by atoms with Crippen LogP contribution in [0, 0.1) is 6.92 Å². The monoisotopic (exact) mass is 494 g/mol. The highest BCUT2D eigenvalue weighted by atomic mass is 16.5. The minimum absolute atomic E-state index is 0.0618. The average Bonchev–Trinajstić information content (AvgIpc) is 3.44. The van der Waals surface area contributed by atoms with Crippen LogP contribution in [0.2, 0.25) is 0 Å². The summed E-state index contributed by atoms with van der Waals surface area (Å²) in [5, 5.41) is 7.09. The molecule has 0 unspecified atom stereocenters. The predicted octanol–water partition coefficient (Wildman–Crippen LogP) is 5.88. The molecular weight excluding hydrogens is 464 g/mol. The fourth-order valence-corrected chi connectivity index (χ4v) is 4.52. The van der Waals surface area contributed by atoms with E-state index in [1.807, 2.05) is 72.5 Å². The number of nitrogens with one attached hydrogen (secondary N) is 1. The second-order valence-corrected chi connectivity index (χ2v) is 9.47. The fraction of sp³-hybridized carbons (Fsp3) is 0.267. The van der Waals surface area contributed by atoms with Gasteiger partial charge in [-0.2, -0.15) is 4.98 Å². The summed E-state index contributed by atoms with van der Waals surface area (Å²) in [5.41, 5.74) is 5.18. The Labute approximate surface area is 216 Å². The maximum Gasteiger partial charge on any atom is 0.255 e. The third-order valence-electron chi connectivity index (χ3n) is 6.90. The first-order chi connectivity index (χ1) is 18.0. The average molecular weight is 495 g/mol. The lowest BCUT2D eigenvalue weighted by Gasteiger charge is -2.30. The quantitative estimate of drug-likeness (QED) is 0.362. The van der Waals surface area contributed by atoms with Crippen molar-refractivity contribution in [3.63, 3.8) is 0 Å². The van der Waals surface area contributed by atoms with Crippen LogP contribution in [0.5, 0.6) is 0 Å². The summed E-state index contributed by atoms with van der Waals surface area (Å²) in [6.45, 7) is 5.41. The molecule has 1 aliphatic rings. The van der Waals surface area contributed by atoms with E-state index in [-0.39, 0.29) is 17.7 Å². The molecule has 1 N–H and O–H groups in total. The van der Waals surface area contributed by atoms with Gasteiger partial charge in [0, 0.05) is 41.4 Å². The van der Waals surface area contributed by atoms with E-state index in [9.17, 15) is 9.59 Å². The van der Waals surface area contributed by atoms with Gasteiger partial charge >= 0.3 is 0 Å². The predicted molar refractivity (Wildman–Crippen MR) is 143 cm³/mol. The van der Waals surface area contributed by atoms with Gasteiger partial charge in [0.25, 0.3) is 11.8 Å². The lowest BCUT2D eigenvalue weighted by atomic mass is 9.96. The second kappa shape index (κ2) is 10.8. The molecule has 0 spiro atoms. The number of anilines is 1. The van der Waals surface area contributed by atoms with Crippen molar-refractivity contribution >= 4 is 17.5 Å². The van der Waals surface area contributed by atoms with Crippen molar-refractivity contribution in [2.75, 3.05) is 18.4 Å². The van der Waals surface area contributed by atoms with E-state index < -0.39 is 0 Å². The van der Waals surface area contributed by atoms with Gasteiger partial charge in [0.2, 0.25) is 11.7 Å². The zero-order chi connectivity index (χ0) is 25.8. The van der Waals surface area contributed by atoms with Gasteiger partial charge in [0.1, 0.15) is 0 Å². The molecule has 1 aliphatic heterocycles. The topological polar surface area (TPSA) is 88.3 Å². The van der Waals surface area contributed by atoms with Gasteiger partial charge in [-0.1, -0.05) is 54.0 Å². The molecule has 1 saturated heterocycles. The molecule has 5 rings (SSSR count). The van der Waals surface area contributed by atoms with Crippen LogP contribution >= 0.6 is 0 Å². The Balaban J connectivity index is 1.18. The number of amides is 2. The first kappa shape index (κ1) is 24.4. The lowest BCUT2D eigenvalue weighted by molar-refractivity contribution is 0.0704. The van der Waals surface area contributed by atoms with Crippen molar-refractivity contribution in [2.45, 2.75) is 39.0 Å². The number of rotatable bonds is 6. The SMILES string of the molecule is CCc1ccc(NC(=O)c2ccc(-c3noc(C4CCN(C(=O)c5ccc(C)cc5)CC4)n3)cc2)cc1. The Morgan fingerprint density at radius 3 is 2.22 bits per heavy atom. The van der Waals surface area contributed by atoms with E-state index in [0.29, 0.717) is 30.4 Å². The van der Waals surface area contributed by atoms with Crippen molar-refractivity contribution in [1.29, 1.82) is 0 Å². The van der Waals surface area contributed by atoms with Gasteiger partial charge in [-0.05, 0) is 68.1 Å². The molecular formula is C30H30N4O3. The number of carbonyl (C=O) groups is 2. The van der Waals surface area contributed by atoms with Gasteiger partial charge in [-0.25, -0.2) is 0 Å². The van der Waals surface area contributed by atoms with Crippen LogP contribution in [0.25, 0.3) is 11.4 Å². The second-order valence-electron chi connectivity index (χ2n) is 9.47. The van der Waals surface area contributed by atoms with Crippen molar-refractivity contribution in [1.82, 2.24) is 15.0 Å². The normalized spacial score (nSPS) is 13.9. The first-order valence-corrected chi connectivity index (χ1v) is 12.7. The zero-order valence-electron chi connectivity index (χ0n) is 21.1. The minimum atomic E-state index is -0.170. The molecule has 7 heteroatoms. The van der Waals surface area contributed by atoms with Crippen molar-refractivity contribution in [2.24, 2.45) is 0 Å². The van der Waals surface area contributed by atoms with Gasteiger partial charge in [-0.15, -0.1) is 0 Å². The van der Waals surface area contributed by atoms with E-state index in [4.69, 9.17) is 4.52 Å². The van der Waals surface area contributed by atoms with Crippen molar-refractivity contribution in [3.05, 3.63) is 101 Å². The number of hydrogen-bond donors (Lipinski definition) is 1. The molecule has 0 saturated carbocycles. The number of nitrogens with zero attached hydrogens (tertiary/aromatic N) is 3. The maximum atomic E-state index is 12.8. The zero-order valence-corrected chi connectivity index (χ0v) is 21.1. The summed E-state index contributed by atoms with van der Waals surface area (Å²) in [5.74, 6) is 1.10. The van der Waals surface area contributed by atoms with Gasteiger partial charge < -0.3 is 14.7 Å². The Bertz CT molecular complexity index is 1370. The minimum Gasteiger partial charge on any atom is -0.339 e. The number of piperidine rings is 1. The lowest BCUT2D eigenvalue weighted by Crippen LogP contribution is -2.38. The number of aromatic nitrogens is 2. The molecule has 0 aliphatic carbocycles. The Morgan fingerprint density at radius 2 is 1.57 bits per heavy atom. The highest BCUT2D eigenvalue weighted by Gasteiger charge is 2.28. The summed E-state index contributed by atoms with van der Waals surface area (Å²) in [6.07, 6.45) is 2.51. The molecule has 0 atom stereocenters. The molecule has 2 heterocycles. The molecule has 0 bridgehead atoms. The van der Waals surface area contributed by atoms with Gasteiger partial charge in [0.05, 0.1) is 0 Å². The molecule has 2 amide bonds. The summed E-state index contributed by atoms with van der Waals surface area (Å²) < 4.78 is 5.58. The molecule has 1 aromatic heterocycles. The molecule has 3 aromatic carbocycles. The van der Waals surface area contributed by atoms with E-state index in [2.05, 4.69) is 22.4 Å². The van der Waals surface area contributed by atoms with Gasteiger partial charge in [-0.3, -0.25) is 9.59 Å². The summed E-state index contributed by atoms with van der Waals surface area (Å²) in [4.78, 5) is 31.9. The van der Waals surface area contributed by atoms with Gasteiger partial charge in [0.15, 0.2) is 0 Å². The van der Waals surface area contributed by atoms with E-state index >= 15 is 0 Å². The smallest absolute Gasteiger partial charge is 0.255 e. The van der Waals surface area contributed by atoms with E-state index in [1.165, 1.54) is 5.56 Å². The number of benzene rings is 3. The van der Waals surface area contributed by atoms with Crippen LogP contribution in [0.4, 0.5) is 5.69 Å². The van der Waals surface area contributed by atoms with Crippen molar-refractivity contribution < 1.29 is 14.1 Å². The van der Waals surface area contributed by atoms with Crippen LogP contribution in [0.15, 0.2) is 77.3 Å². The summed E-state index contributed by atoms with van der Waals surface area (Å²) in [6, 6.07) is 22.7. The third kappa shape index (κ3) is 5.61. The molecule has 1 fully saturated rings. The largest absolute Gasteiger partial charge is 0.339 e. The molecule has 0 radical (unpaired) electrons. The first-order valence-electron chi connectivity index (χ1n) is 12.7. The standard InChI is InChI=1S/C30H30N4O3/c1-3-21-6-14-26(15-7-21)31-28(35)23-12-10-22(11-13-23)27-32-29(37-33-27)24-16-18-34(19-17-24)30(36)25-8-4-20(2)5-9-25/h4-15,24H,3,16-19H2,1-2H3,(H,31,35). The Kier molecular flexibility index (Phi) is 7.12. The molecule has 188 valence electrons. The van der Waals surface area contributed by atoms with Crippen LogP contribution in [0.3, 0.4) is 0 Å². The summed E-state index contributed by atoms with van der Waals surface area (Å²) >= 11 is 0. The Morgan fingerprint density at radius 1 is 0.919 bits per heavy atom. The Hall–Kier alpha value is -4.26. The van der Waals surface area contributed by atoms with E-state index in [1.54, 1.807) is 12.1 Å². The molecule has 37 heavy (non-hydrogen) atoms. The number of aryl methyl sites for hydroxylation is 2. The highest BCUT2D eigenvalue weighted by molar-refractivity contribution is 6.04. The van der Waals surface area contributed by atoms with Crippen LogP contribution in [-0.2, 0) is 6.42 Å². The third-order valence-corrected chi connectivity index (χ3v) is 6.90. The molecule has 7 nitrogen and oxygen atoms in total. The molecule has 4 aromatic rings. The highest BCUT2D eigenvalue weighted by Crippen LogP contribution is 2.29. The maximum absolute atomic E-state index is 12.8. The van der Waals surface area contributed by atoms with Crippen molar-refractivity contribution in [3.8, 4) is 11.4 Å². The van der Waals surface area contributed by atoms with Crippen LogP contribution in [-0.4, -0.2) is 39.9 Å².